The highest BCUT2D eigenvalue weighted by atomic mass is 35.5. The number of alkyl halides is 1. The summed E-state index contributed by atoms with van der Waals surface area (Å²) in [5.74, 6) is 0.698. The van der Waals surface area contributed by atoms with Gasteiger partial charge < -0.3 is 14.7 Å². The number of nitrogens with zero attached hydrogens (tertiary/aromatic N) is 1. The molecule has 1 amide bonds. The van der Waals surface area contributed by atoms with Gasteiger partial charge in [0.1, 0.15) is 11.1 Å². The van der Waals surface area contributed by atoms with E-state index in [2.05, 4.69) is 0 Å². The number of hydrogen-bond acceptors (Lipinski definition) is 3. The van der Waals surface area contributed by atoms with Gasteiger partial charge >= 0.3 is 0 Å². The fraction of sp³-hybridized carbons (Fsp3) is 0.533. The number of aliphatic hydroxyl groups is 1. The maximum Gasteiger partial charge on any atom is 0.240 e. The molecule has 1 N–H and O–H groups in total. The van der Waals surface area contributed by atoms with Crippen LogP contribution in [0.1, 0.15) is 25.3 Å². The van der Waals surface area contributed by atoms with Crippen LogP contribution < -0.4 is 4.74 Å². The first-order valence-electron chi connectivity index (χ1n) is 6.76. The number of ether oxygens (including phenoxy) is 1. The van der Waals surface area contributed by atoms with Crippen molar-refractivity contribution in [2.45, 2.75) is 30.7 Å². The molecule has 0 spiro atoms. The Kier molecular flexibility index (Phi) is 4.55. The van der Waals surface area contributed by atoms with Crippen molar-refractivity contribution >= 4 is 17.5 Å². The number of piperidine rings is 1. The van der Waals surface area contributed by atoms with E-state index in [-0.39, 0.29) is 5.91 Å². The van der Waals surface area contributed by atoms with E-state index in [0.29, 0.717) is 25.9 Å². The van der Waals surface area contributed by atoms with Crippen molar-refractivity contribution in [3.8, 4) is 5.75 Å². The van der Waals surface area contributed by atoms with Crippen LogP contribution in [0.3, 0.4) is 0 Å². The minimum absolute atomic E-state index is 0.0663. The van der Waals surface area contributed by atoms with E-state index < -0.39 is 11.0 Å². The molecule has 1 saturated heterocycles. The molecule has 1 unspecified atom stereocenters. The van der Waals surface area contributed by atoms with Crippen LogP contribution in [0.4, 0.5) is 0 Å². The molecule has 1 heterocycles. The van der Waals surface area contributed by atoms with E-state index in [0.717, 1.165) is 11.3 Å². The van der Waals surface area contributed by atoms with E-state index in [1.165, 1.54) is 0 Å². The van der Waals surface area contributed by atoms with Crippen LogP contribution in [0.15, 0.2) is 24.3 Å². The van der Waals surface area contributed by atoms with Crippen molar-refractivity contribution in [2.24, 2.45) is 0 Å². The lowest BCUT2D eigenvalue weighted by Gasteiger charge is -2.39. The lowest BCUT2D eigenvalue weighted by atomic mass is 9.84. The van der Waals surface area contributed by atoms with Crippen LogP contribution in [0.2, 0.25) is 0 Å². The van der Waals surface area contributed by atoms with Crippen LogP contribution in [0.5, 0.6) is 5.75 Å². The Bertz CT molecular complexity index is 465. The molecular weight excluding hydrogens is 278 g/mol. The molecule has 1 aromatic carbocycles. The van der Waals surface area contributed by atoms with Gasteiger partial charge in [0.25, 0.3) is 0 Å². The monoisotopic (exact) mass is 297 g/mol. The van der Waals surface area contributed by atoms with Gasteiger partial charge in [-0.15, -0.1) is 11.6 Å². The van der Waals surface area contributed by atoms with Gasteiger partial charge in [-0.3, -0.25) is 4.79 Å². The Hall–Kier alpha value is -1.26. The van der Waals surface area contributed by atoms with Gasteiger partial charge in [-0.2, -0.15) is 0 Å². The summed E-state index contributed by atoms with van der Waals surface area (Å²) in [6, 6.07) is 7.43. The second kappa shape index (κ2) is 6.02. The summed E-state index contributed by atoms with van der Waals surface area (Å²) in [4.78, 5) is 13.5. The summed E-state index contributed by atoms with van der Waals surface area (Å²) in [5, 5.41) is 10.2. The third-order valence-corrected chi connectivity index (χ3v) is 4.06. The summed E-state index contributed by atoms with van der Waals surface area (Å²) in [7, 11) is 1.61. The maximum absolute atomic E-state index is 11.8. The number of carbonyl (C=O) groups excluding carboxylic acids is 1. The lowest BCUT2D eigenvalue weighted by molar-refractivity contribution is -0.135. The molecule has 110 valence electrons. The number of benzene rings is 1. The normalized spacial score (nSPS) is 19.5. The van der Waals surface area contributed by atoms with Crippen molar-refractivity contribution in [3.63, 3.8) is 0 Å². The Morgan fingerprint density at radius 1 is 1.35 bits per heavy atom. The Morgan fingerprint density at radius 2 is 1.90 bits per heavy atom. The fourth-order valence-electron chi connectivity index (χ4n) is 2.54. The van der Waals surface area contributed by atoms with Crippen LogP contribution in [-0.4, -0.2) is 41.5 Å². The summed E-state index contributed by atoms with van der Waals surface area (Å²) >= 11 is 5.82. The summed E-state index contributed by atoms with van der Waals surface area (Å²) < 4.78 is 5.12. The molecule has 4 nitrogen and oxygen atoms in total. The van der Waals surface area contributed by atoms with Crippen LogP contribution in [0.25, 0.3) is 0 Å². The molecule has 0 aliphatic carbocycles. The van der Waals surface area contributed by atoms with Crippen LogP contribution in [-0.2, 0) is 10.4 Å². The third kappa shape index (κ3) is 3.07. The predicted octanol–water partition coefficient (Wildman–Crippen LogP) is 2.13. The highest BCUT2D eigenvalue weighted by molar-refractivity contribution is 6.30. The van der Waals surface area contributed by atoms with Gasteiger partial charge in [-0.05, 0) is 37.5 Å². The Labute approximate surface area is 124 Å². The van der Waals surface area contributed by atoms with Crippen molar-refractivity contribution in [1.29, 1.82) is 0 Å². The first-order chi connectivity index (χ1) is 9.46. The molecule has 2 rings (SSSR count). The average Bonchev–Trinajstić information content (AvgIpc) is 2.47. The molecule has 1 aliphatic heterocycles. The molecule has 20 heavy (non-hydrogen) atoms. The van der Waals surface area contributed by atoms with E-state index >= 15 is 0 Å². The lowest BCUT2D eigenvalue weighted by Crippen LogP contribution is -2.47. The SMILES string of the molecule is COc1ccc(C2(O)CCN(C(=O)C(C)Cl)CC2)cc1. The molecule has 0 aromatic heterocycles. The molecule has 0 saturated carbocycles. The smallest absolute Gasteiger partial charge is 0.240 e. The van der Waals surface area contributed by atoms with Crippen molar-refractivity contribution in [3.05, 3.63) is 29.8 Å². The largest absolute Gasteiger partial charge is 0.497 e. The van der Waals surface area contributed by atoms with Gasteiger partial charge in [0.2, 0.25) is 5.91 Å². The minimum atomic E-state index is -0.876. The highest BCUT2D eigenvalue weighted by Gasteiger charge is 2.36. The van der Waals surface area contributed by atoms with Gasteiger partial charge in [0, 0.05) is 13.1 Å². The first-order valence-corrected chi connectivity index (χ1v) is 7.20. The maximum atomic E-state index is 11.8. The molecule has 1 aliphatic rings. The molecule has 0 bridgehead atoms. The van der Waals surface area contributed by atoms with Gasteiger partial charge in [-0.25, -0.2) is 0 Å². The predicted molar refractivity (Wildman–Crippen MR) is 78.0 cm³/mol. The van der Waals surface area contributed by atoms with Gasteiger partial charge in [0.15, 0.2) is 0 Å². The zero-order valence-electron chi connectivity index (χ0n) is 11.8. The fourth-order valence-corrected chi connectivity index (χ4v) is 2.68. The standard InChI is InChI=1S/C15H20ClNO3/c1-11(16)14(18)17-9-7-15(19,8-10-17)12-3-5-13(20-2)6-4-12/h3-6,11,19H,7-10H2,1-2H3. The summed E-state index contributed by atoms with van der Waals surface area (Å²) in [6.07, 6.45) is 1.04. The molecule has 1 fully saturated rings. The van der Waals surface area contributed by atoms with E-state index in [1.54, 1.807) is 18.9 Å². The first kappa shape index (κ1) is 15.1. The van der Waals surface area contributed by atoms with Crippen LogP contribution in [0, 0.1) is 0 Å². The average molecular weight is 298 g/mol. The topological polar surface area (TPSA) is 49.8 Å². The number of amides is 1. The third-order valence-electron chi connectivity index (χ3n) is 3.87. The van der Waals surface area contributed by atoms with Gasteiger partial charge in [0.05, 0.1) is 12.7 Å². The molecule has 5 heteroatoms. The second-order valence-electron chi connectivity index (χ2n) is 5.20. The summed E-state index contributed by atoms with van der Waals surface area (Å²) in [6.45, 7) is 2.73. The zero-order valence-corrected chi connectivity index (χ0v) is 12.6. The number of carbonyl (C=O) groups is 1. The number of rotatable bonds is 3. The molecular formula is C15H20ClNO3. The number of likely N-dealkylation sites (tertiary alicyclic amines) is 1. The van der Waals surface area contributed by atoms with Gasteiger partial charge in [-0.1, -0.05) is 12.1 Å². The Morgan fingerprint density at radius 3 is 2.35 bits per heavy atom. The van der Waals surface area contributed by atoms with E-state index in [1.807, 2.05) is 24.3 Å². The van der Waals surface area contributed by atoms with Crippen LogP contribution >= 0.6 is 11.6 Å². The Balaban J connectivity index is 2.05. The van der Waals surface area contributed by atoms with Crippen molar-refractivity contribution in [2.75, 3.05) is 20.2 Å². The summed E-state index contributed by atoms with van der Waals surface area (Å²) in [5.41, 5.74) is -0.0113. The number of halogens is 1. The molecule has 1 atom stereocenters. The highest BCUT2D eigenvalue weighted by Crippen LogP contribution is 2.33. The number of hydrogen-bond donors (Lipinski definition) is 1. The second-order valence-corrected chi connectivity index (χ2v) is 5.86. The van der Waals surface area contributed by atoms with E-state index in [9.17, 15) is 9.90 Å². The zero-order chi connectivity index (χ0) is 14.8. The minimum Gasteiger partial charge on any atom is -0.497 e. The quantitative estimate of drug-likeness (QED) is 0.870. The molecule has 0 radical (unpaired) electrons. The molecule has 1 aromatic rings. The number of methoxy groups -OCH3 is 1. The van der Waals surface area contributed by atoms with Crippen molar-refractivity contribution in [1.82, 2.24) is 4.90 Å². The van der Waals surface area contributed by atoms with E-state index in [4.69, 9.17) is 16.3 Å². The van der Waals surface area contributed by atoms with Crippen molar-refractivity contribution < 1.29 is 14.6 Å².